The van der Waals surface area contributed by atoms with Gasteiger partial charge >= 0.3 is 5.97 Å². The van der Waals surface area contributed by atoms with E-state index in [4.69, 9.17) is 14.2 Å². The van der Waals surface area contributed by atoms with Crippen LogP contribution in [0.1, 0.15) is 58.1 Å². The van der Waals surface area contributed by atoms with Crippen LogP contribution in [0.4, 0.5) is 0 Å². The van der Waals surface area contributed by atoms with Gasteiger partial charge in [0.1, 0.15) is 18.0 Å². The summed E-state index contributed by atoms with van der Waals surface area (Å²) < 4.78 is 15.7. The Labute approximate surface area is 175 Å². The number of carbonyl (C=O) groups is 1. The molecule has 0 aromatic heterocycles. The Morgan fingerprint density at radius 2 is 1.82 bits per heavy atom. The van der Waals surface area contributed by atoms with E-state index in [2.05, 4.69) is 24.9 Å². The Balaban J connectivity index is 0.000000307. The van der Waals surface area contributed by atoms with Crippen LogP contribution in [-0.2, 0) is 14.3 Å². The summed E-state index contributed by atoms with van der Waals surface area (Å²) >= 11 is 4.34. The van der Waals surface area contributed by atoms with E-state index >= 15 is 0 Å². The number of aryl methyl sites for hydroxylation is 2. The summed E-state index contributed by atoms with van der Waals surface area (Å²) in [7, 11) is 1.67. The molecule has 160 valence electrons. The van der Waals surface area contributed by atoms with Crippen LogP contribution in [0.2, 0.25) is 0 Å². The maximum Gasteiger partial charge on any atom is 0.332 e. The molecular weight excluding hydrogens is 374 g/mol. The summed E-state index contributed by atoms with van der Waals surface area (Å²) in [6.45, 7) is 12.4. The van der Waals surface area contributed by atoms with Gasteiger partial charge in [-0.05, 0) is 77.6 Å². The molecule has 0 amide bonds. The van der Waals surface area contributed by atoms with Crippen LogP contribution in [0.15, 0.2) is 17.0 Å². The van der Waals surface area contributed by atoms with Crippen LogP contribution in [0.5, 0.6) is 5.75 Å². The van der Waals surface area contributed by atoms with E-state index in [9.17, 15) is 4.79 Å². The fourth-order valence-electron chi connectivity index (χ4n) is 3.06. The first-order valence-electron chi connectivity index (χ1n) is 9.91. The molecule has 0 saturated carbocycles. The number of rotatable bonds is 5. The Bertz CT molecular complexity index is 604. The summed E-state index contributed by atoms with van der Waals surface area (Å²) in [5.74, 6) is 0.610. The van der Waals surface area contributed by atoms with E-state index in [1.54, 1.807) is 7.11 Å². The molecule has 1 aromatic carbocycles. The van der Waals surface area contributed by atoms with Crippen LogP contribution in [0.3, 0.4) is 0 Å². The Kier molecular flexibility index (Phi) is 10.4. The largest absolute Gasteiger partial charge is 0.497 e. The zero-order valence-electron chi connectivity index (χ0n) is 18.4. The molecule has 1 fully saturated rings. The molecule has 1 aliphatic heterocycles. The van der Waals surface area contributed by atoms with Gasteiger partial charge in [-0.3, -0.25) is 0 Å². The molecule has 1 N–H and O–H groups in total. The average Bonchev–Trinajstić information content (AvgIpc) is 2.58. The number of esters is 1. The quantitative estimate of drug-likeness (QED) is 0.553. The van der Waals surface area contributed by atoms with Gasteiger partial charge in [0.05, 0.1) is 13.7 Å². The van der Waals surface area contributed by atoms with Crippen molar-refractivity contribution in [1.82, 2.24) is 5.32 Å². The summed E-state index contributed by atoms with van der Waals surface area (Å²) in [6.07, 6.45) is 3.58. The predicted octanol–water partition coefficient (Wildman–Crippen LogP) is 4.48. The number of nitrogens with one attached hydrogen (secondary N) is 1. The lowest BCUT2D eigenvalue weighted by Crippen LogP contribution is -2.43. The highest BCUT2D eigenvalue weighted by Crippen LogP contribution is 2.23. The minimum Gasteiger partial charge on any atom is -0.497 e. The first-order valence-corrected chi connectivity index (χ1v) is 10.4. The van der Waals surface area contributed by atoms with Crippen molar-refractivity contribution in [2.24, 2.45) is 0 Å². The highest BCUT2D eigenvalue weighted by Gasteiger charge is 2.19. The summed E-state index contributed by atoms with van der Waals surface area (Å²) in [5.41, 5.74) is 1.88. The van der Waals surface area contributed by atoms with E-state index in [0.29, 0.717) is 18.7 Å². The van der Waals surface area contributed by atoms with Crippen LogP contribution >= 0.6 is 12.6 Å². The molecule has 2 atom stereocenters. The smallest absolute Gasteiger partial charge is 0.332 e. The number of hydrogen-bond acceptors (Lipinski definition) is 6. The number of ether oxygens (including phenoxy) is 3. The molecule has 6 heteroatoms. The van der Waals surface area contributed by atoms with Crippen molar-refractivity contribution < 1.29 is 19.0 Å². The third-order valence-corrected chi connectivity index (χ3v) is 5.07. The van der Waals surface area contributed by atoms with Gasteiger partial charge in [-0.2, -0.15) is 0 Å². The molecule has 1 aliphatic rings. The van der Waals surface area contributed by atoms with E-state index < -0.39 is 5.60 Å². The van der Waals surface area contributed by atoms with Gasteiger partial charge in [0.15, 0.2) is 0 Å². The molecule has 1 aromatic rings. The second-order valence-electron chi connectivity index (χ2n) is 8.41. The third kappa shape index (κ3) is 9.80. The number of carbonyl (C=O) groups excluding carboxylic acids is 1. The summed E-state index contributed by atoms with van der Waals surface area (Å²) in [6, 6.07) is 4.89. The maximum atomic E-state index is 11.4. The Morgan fingerprint density at radius 3 is 2.32 bits per heavy atom. The molecule has 0 spiro atoms. The van der Waals surface area contributed by atoms with Gasteiger partial charge in [-0.15, -0.1) is 12.6 Å². The fraction of sp³-hybridized carbons (Fsp3) is 0.682. The minimum absolute atomic E-state index is 0.0455. The standard InChI is InChI=1S/C13H25NO3.C9H12OS/c1-10-6-5-7-11(14-10)8-16-9-12(15)17-13(2,3)4;1-6-4-8(10-3)5-7(2)9(6)11/h10-11,14H,5-9H2,1-4H3;4-5,11H,1-3H3/t10-,11-;/m0./s1. The van der Waals surface area contributed by atoms with Crippen molar-refractivity contribution in [1.29, 1.82) is 0 Å². The van der Waals surface area contributed by atoms with Crippen LogP contribution < -0.4 is 10.1 Å². The van der Waals surface area contributed by atoms with Crippen molar-refractivity contribution in [3.8, 4) is 5.75 Å². The number of methoxy groups -OCH3 is 1. The molecule has 0 unspecified atom stereocenters. The zero-order valence-corrected chi connectivity index (χ0v) is 19.3. The molecule has 28 heavy (non-hydrogen) atoms. The van der Waals surface area contributed by atoms with Gasteiger partial charge in [0.25, 0.3) is 0 Å². The molecule has 5 nitrogen and oxygen atoms in total. The normalized spacial score (nSPS) is 19.4. The van der Waals surface area contributed by atoms with Crippen molar-refractivity contribution in [3.05, 3.63) is 23.3 Å². The van der Waals surface area contributed by atoms with E-state index in [1.807, 2.05) is 46.8 Å². The number of piperidine rings is 1. The molecule has 0 radical (unpaired) electrons. The van der Waals surface area contributed by atoms with E-state index in [1.165, 1.54) is 12.8 Å². The van der Waals surface area contributed by atoms with Crippen LogP contribution in [0, 0.1) is 13.8 Å². The third-order valence-electron chi connectivity index (χ3n) is 4.37. The minimum atomic E-state index is -0.432. The second kappa shape index (κ2) is 11.7. The Hall–Kier alpha value is -1.24. The van der Waals surface area contributed by atoms with Crippen molar-refractivity contribution in [2.45, 2.75) is 83.4 Å². The van der Waals surface area contributed by atoms with Gasteiger partial charge in [-0.1, -0.05) is 6.42 Å². The SMILES string of the molecule is COc1cc(C)c(S)c(C)c1.C[C@H]1CCC[C@@H](COCC(=O)OC(C)(C)C)N1. The van der Waals surface area contributed by atoms with Crippen molar-refractivity contribution >= 4 is 18.6 Å². The van der Waals surface area contributed by atoms with Crippen molar-refractivity contribution in [3.63, 3.8) is 0 Å². The summed E-state index contributed by atoms with van der Waals surface area (Å²) in [4.78, 5) is 12.4. The highest BCUT2D eigenvalue weighted by molar-refractivity contribution is 7.80. The molecule has 2 rings (SSSR count). The topological polar surface area (TPSA) is 56.8 Å². The molecule has 0 bridgehead atoms. The van der Waals surface area contributed by atoms with Gasteiger partial charge in [0.2, 0.25) is 0 Å². The molecular formula is C22H37NO4S. The van der Waals surface area contributed by atoms with Gasteiger partial charge in [0, 0.05) is 17.0 Å². The highest BCUT2D eigenvalue weighted by atomic mass is 32.1. The van der Waals surface area contributed by atoms with Crippen LogP contribution in [-0.4, -0.2) is 44.0 Å². The van der Waals surface area contributed by atoms with Crippen molar-refractivity contribution in [2.75, 3.05) is 20.3 Å². The number of benzene rings is 1. The molecule has 1 heterocycles. The van der Waals surface area contributed by atoms with Gasteiger partial charge < -0.3 is 19.5 Å². The van der Waals surface area contributed by atoms with E-state index in [0.717, 1.165) is 28.2 Å². The molecule has 1 saturated heterocycles. The first-order chi connectivity index (χ1) is 13.0. The summed E-state index contributed by atoms with van der Waals surface area (Å²) in [5, 5.41) is 3.46. The molecule has 0 aliphatic carbocycles. The second-order valence-corrected chi connectivity index (χ2v) is 8.85. The van der Waals surface area contributed by atoms with Gasteiger partial charge in [-0.25, -0.2) is 4.79 Å². The van der Waals surface area contributed by atoms with E-state index in [-0.39, 0.29) is 12.6 Å². The zero-order chi connectivity index (χ0) is 21.3. The Morgan fingerprint density at radius 1 is 1.21 bits per heavy atom. The number of thiol groups is 1. The van der Waals surface area contributed by atoms with Crippen LogP contribution in [0.25, 0.3) is 0 Å². The lowest BCUT2D eigenvalue weighted by Gasteiger charge is -2.28. The number of hydrogen-bond donors (Lipinski definition) is 2. The lowest BCUT2D eigenvalue weighted by atomic mass is 10.0. The average molecular weight is 412 g/mol. The monoisotopic (exact) mass is 411 g/mol. The predicted molar refractivity (Wildman–Crippen MR) is 117 cm³/mol. The first kappa shape index (κ1) is 24.8. The maximum absolute atomic E-state index is 11.4. The lowest BCUT2D eigenvalue weighted by molar-refractivity contribution is -0.160. The fourth-order valence-corrected chi connectivity index (χ4v) is 3.19.